The Bertz CT molecular complexity index is 470. The standard InChI is InChI=1S/C18H27NO4/c1-3-14-23-16-11-9-15(10-12-16)18(21)19-13-7-5-6-8-17(20)22-4-2/h9-12H,3-8,13-14H2,1-2H3,(H,19,21). The lowest BCUT2D eigenvalue weighted by molar-refractivity contribution is -0.143. The minimum atomic E-state index is -0.151. The Morgan fingerprint density at radius 2 is 1.78 bits per heavy atom. The van der Waals surface area contributed by atoms with Gasteiger partial charge in [-0.2, -0.15) is 0 Å². The molecule has 0 heterocycles. The van der Waals surface area contributed by atoms with E-state index in [4.69, 9.17) is 9.47 Å². The maximum atomic E-state index is 12.0. The van der Waals surface area contributed by atoms with Gasteiger partial charge in [0.1, 0.15) is 5.75 Å². The van der Waals surface area contributed by atoms with Gasteiger partial charge in [-0.3, -0.25) is 9.59 Å². The molecule has 23 heavy (non-hydrogen) atoms. The van der Waals surface area contributed by atoms with Crippen LogP contribution in [0.15, 0.2) is 24.3 Å². The monoisotopic (exact) mass is 321 g/mol. The summed E-state index contributed by atoms with van der Waals surface area (Å²) in [5.41, 5.74) is 0.625. The van der Waals surface area contributed by atoms with Crippen LogP contribution < -0.4 is 10.1 Å². The minimum absolute atomic E-state index is 0.0857. The first-order valence-electron chi connectivity index (χ1n) is 8.34. The third-order valence-electron chi connectivity index (χ3n) is 3.24. The molecule has 0 saturated heterocycles. The Kier molecular flexibility index (Phi) is 9.52. The van der Waals surface area contributed by atoms with Crippen LogP contribution in [0.1, 0.15) is 56.3 Å². The molecular weight excluding hydrogens is 294 g/mol. The van der Waals surface area contributed by atoms with Crippen LogP contribution in [0, 0.1) is 0 Å². The molecule has 1 amide bonds. The summed E-state index contributed by atoms with van der Waals surface area (Å²) in [5, 5.41) is 2.88. The maximum Gasteiger partial charge on any atom is 0.305 e. The lowest BCUT2D eigenvalue weighted by Crippen LogP contribution is -2.24. The molecule has 0 aromatic heterocycles. The third kappa shape index (κ3) is 8.24. The van der Waals surface area contributed by atoms with E-state index in [2.05, 4.69) is 12.2 Å². The zero-order valence-electron chi connectivity index (χ0n) is 14.1. The molecule has 1 N–H and O–H groups in total. The number of hydrogen-bond donors (Lipinski definition) is 1. The van der Waals surface area contributed by atoms with Gasteiger partial charge >= 0.3 is 5.97 Å². The summed E-state index contributed by atoms with van der Waals surface area (Å²) in [7, 11) is 0. The molecule has 0 saturated carbocycles. The smallest absolute Gasteiger partial charge is 0.305 e. The Labute approximate surface area is 138 Å². The fourth-order valence-corrected chi connectivity index (χ4v) is 2.03. The molecule has 128 valence electrons. The van der Waals surface area contributed by atoms with E-state index in [1.165, 1.54) is 0 Å². The highest BCUT2D eigenvalue weighted by molar-refractivity contribution is 5.94. The van der Waals surface area contributed by atoms with Crippen molar-refractivity contribution in [3.05, 3.63) is 29.8 Å². The van der Waals surface area contributed by atoms with Crippen LogP contribution in [-0.2, 0) is 9.53 Å². The number of carbonyl (C=O) groups is 2. The first-order chi connectivity index (χ1) is 11.2. The van der Waals surface area contributed by atoms with Gasteiger partial charge in [0, 0.05) is 18.5 Å². The van der Waals surface area contributed by atoms with Gasteiger partial charge in [0.15, 0.2) is 0 Å². The van der Waals surface area contributed by atoms with Crippen molar-refractivity contribution in [2.45, 2.75) is 46.0 Å². The summed E-state index contributed by atoms with van der Waals surface area (Å²) in [5.74, 6) is 0.543. The molecule has 0 bridgehead atoms. The molecule has 0 atom stereocenters. The second-order valence-electron chi connectivity index (χ2n) is 5.24. The molecule has 0 fully saturated rings. The van der Waals surface area contributed by atoms with Crippen LogP contribution in [0.5, 0.6) is 5.75 Å². The third-order valence-corrected chi connectivity index (χ3v) is 3.24. The fourth-order valence-electron chi connectivity index (χ4n) is 2.03. The van der Waals surface area contributed by atoms with Crippen molar-refractivity contribution < 1.29 is 19.1 Å². The van der Waals surface area contributed by atoms with Gasteiger partial charge in [-0.05, 0) is 50.5 Å². The summed E-state index contributed by atoms with van der Waals surface area (Å²) >= 11 is 0. The van der Waals surface area contributed by atoms with Gasteiger partial charge < -0.3 is 14.8 Å². The summed E-state index contributed by atoms with van der Waals surface area (Å²) in [4.78, 5) is 23.1. The molecule has 0 radical (unpaired) electrons. The van der Waals surface area contributed by atoms with Gasteiger partial charge in [0.05, 0.1) is 13.2 Å². The van der Waals surface area contributed by atoms with Gasteiger partial charge in [-0.25, -0.2) is 0 Å². The number of nitrogens with one attached hydrogen (secondary N) is 1. The number of ether oxygens (including phenoxy) is 2. The van der Waals surface area contributed by atoms with E-state index in [9.17, 15) is 9.59 Å². The van der Waals surface area contributed by atoms with Crippen molar-refractivity contribution in [1.82, 2.24) is 5.32 Å². The molecular formula is C18H27NO4. The summed E-state index contributed by atoms with van der Waals surface area (Å²) < 4.78 is 10.3. The van der Waals surface area contributed by atoms with Crippen LogP contribution >= 0.6 is 0 Å². The number of benzene rings is 1. The van der Waals surface area contributed by atoms with E-state index in [1.54, 1.807) is 19.1 Å². The molecule has 1 aromatic rings. The second-order valence-corrected chi connectivity index (χ2v) is 5.24. The lowest BCUT2D eigenvalue weighted by atomic mass is 10.2. The molecule has 0 spiro atoms. The number of esters is 1. The van der Waals surface area contributed by atoms with E-state index in [0.717, 1.165) is 31.4 Å². The molecule has 1 rings (SSSR count). The van der Waals surface area contributed by atoms with Crippen molar-refractivity contribution in [1.29, 1.82) is 0 Å². The lowest BCUT2D eigenvalue weighted by Gasteiger charge is -2.07. The van der Waals surface area contributed by atoms with Crippen molar-refractivity contribution in [2.24, 2.45) is 0 Å². The molecule has 0 aliphatic heterocycles. The summed E-state index contributed by atoms with van der Waals surface area (Å²) in [6.07, 6.45) is 3.93. The van der Waals surface area contributed by atoms with Crippen molar-refractivity contribution >= 4 is 11.9 Å². The Hall–Kier alpha value is -2.04. The average Bonchev–Trinajstić information content (AvgIpc) is 2.56. The maximum absolute atomic E-state index is 12.0. The molecule has 0 aliphatic rings. The van der Waals surface area contributed by atoms with Crippen LogP contribution in [0.3, 0.4) is 0 Å². The highest BCUT2D eigenvalue weighted by Gasteiger charge is 2.05. The quantitative estimate of drug-likeness (QED) is 0.501. The number of unbranched alkanes of at least 4 members (excludes halogenated alkanes) is 2. The molecule has 1 aromatic carbocycles. The van der Waals surface area contributed by atoms with E-state index in [0.29, 0.717) is 31.7 Å². The molecule has 5 nitrogen and oxygen atoms in total. The van der Waals surface area contributed by atoms with Gasteiger partial charge in [-0.15, -0.1) is 0 Å². The van der Waals surface area contributed by atoms with Gasteiger partial charge in [0.25, 0.3) is 5.91 Å². The molecule has 0 aliphatic carbocycles. The zero-order chi connectivity index (χ0) is 16.9. The van der Waals surface area contributed by atoms with Crippen LogP contribution in [0.4, 0.5) is 0 Å². The normalized spacial score (nSPS) is 10.2. The largest absolute Gasteiger partial charge is 0.494 e. The van der Waals surface area contributed by atoms with Gasteiger partial charge in [0.2, 0.25) is 0 Å². The Morgan fingerprint density at radius 1 is 1.04 bits per heavy atom. The van der Waals surface area contributed by atoms with Gasteiger partial charge in [-0.1, -0.05) is 13.3 Å². The number of carbonyl (C=O) groups excluding carboxylic acids is 2. The minimum Gasteiger partial charge on any atom is -0.494 e. The first-order valence-corrected chi connectivity index (χ1v) is 8.34. The number of rotatable bonds is 11. The second kappa shape index (κ2) is 11.5. The fraction of sp³-hybridized carbons (Fsp3) is 0.556. The first kappa shape index (κ1) is 19.0. The predicted octanol–water partition coefficient (Wildman–Crippen LogP) is 3.33. The van der Waals surface area contributed by atoms with E-state index < -0.39 is 0 Å². The van der Waals surface area contributed by atoms with E-state index in [1.807, 2.05) is 12.1 Å². The average molecular weight is 321 g/mol. The van der Waals surface area contributed by atoms with Crippen LogP contribution in [0.25, 0.3) is 0 Å². The number of amides is 1. The van der Waals surface area contributed by atoms with Crippen molar-refractivity contribution in [3.63, 3.8) is 0 Å². The van der Waals surface area contributed by atoms with Crippen molar-refractivity contribution in [2.75, 3.05) is 19.8 Å². The Morgan fingerprint density at radius 3 is 2.43 bits per heavy atom. The van der Waals surface area contributed by atoms with Crippen LogP contribution in [-0.4, -0.2) is 31.6 Å². The number of hydrogen-bond acceptors (Lipinski definition) is 4. The topological polar surface area (TPSA) is 64.6 Å². The molecule has 0 unspecified atom stereocenters. The highest BCUT2D eigenvalue weighted by atomic mass is 16.5. The van der Waals surface area contributed by atoms with Crippen molar-refractivity contribution in [3.8, 4) is 5.75 Å². The SMILES string of the molecule is CCCOc1ccc(C(=O)NCCCCCC(=O)OCC)cc1. The Balaban J connectivity index is 2.17. The summed E-state index contributed by atoms with van der Waals surface area (Å²) in [6, 6.07) is 7.15. The van der Waals surface area contributed by atoms with Crippen LogP contribution in [0.2, 0.25) is 0 Å². The van der Waals surface area contributed by atoms with E-state index >= 15 is 0 Å². The predicted molar refractivity (Wildman–Crippen MR) is 89.7 cm³/mol. The summed E-state index contributed by atoms with van der Waals surface area (Å²) in [6.45, 7) is 5.56. The zero-order valence-corrected chi connectivity index (χ0v) is 14.1. The highest BCUT2D eigenvalue weighted by Crippen LogP contribution is 2.12. The van der Waals surface area contributed by atoms with E-state index in [-0.39, 0.29) is 11.9 Å². The molecule has 5 heteroatoms.